The van der Waals surface area contributed by atoms with Crippen molar-refractivity contribution in [1.82, 2.24) is 4.90 Å². The molecule has 0 bridgehead atoms. The molecule has 0 aliphatic rings. The summed E-state index contributed by atoms with van der Waals surface area (Å²) < 4.78 is 0. The van der Waals surface area contributed by atoms with Crippen molar-refractivity contribution >= 4 is 0 Å². The van der Waals surface area contributed by atoms with Crippen LogP contribution in [0, 0.1) is 0 Å². The van der Waals surface area contributed by atoms with Crippen LogP contribution >= 0.6 is 0 Å². The van der Waals surface area contributed by atoms with Gasteiger partial charge in [0.05, 0.1) is 0 Å². The Kier molecular flexibility index (Phi) is 33.0. The van der Waals surface area contributed by atoms with Gasteiger partial charge in [0.15, 0.2) is 0 Å². The van der Waals surface area contributed by atoms with Crippen LogP contribution in [0.1, 0.15) is 207 Å². The second-order valence-corrected chi connectivity index (χ2v) is 12.0. The SMILES string of the molecule is CCCCCCCCCCCCCCCN(CCCCCCCCCC)CCCCCCCCCC. The van der Waals surface area contributed by atoms with E-state index in [-0.39, 0.29) is 0 Å². The normalized spacial score (nSPS) is 11.7. The summed E-state index contributed by atoms with van der Waals surface area (Å²) in [5.41, 5.74) is 0. The average Bonchev–Trinajstić information content (AvgIpc) is 2.89. The number of hydrogen-bond acceptors (Lipinski definition) is 1. The van der Waals surface area contributed by atoms with Crippen LogP contribution in [0.25, 0.3) is 0 Å². The molecule has 1 heteroatoms. The third-order valence-corrected chi connectivity index (χ3v) is 8.23. The van der Waals surface area contributed by atoms with Gasteiger partial charge in [0, 0.05) is 0 Å². The lowest BCUT2D eigenvalue weighted by molar-refractivity contribution is 0.254. The van der Waals surface area contributed by atoms with Crippen LogP contribution in [0.4, 0.5) is 0 Å². The van der Waals surface area contributed by atoms with Crippen molar-refractivity contribution in [3.8, 4) is 0 Å². The summed E-state index contributed by atoms with van der Waals surface area (Å²) >= 11 is 0. The van der Waals surface area contributed by atoms with Gasteiger partial charge in [0.2, 0.25) is 0 Å². The molecule has 0 saturated carbocycles. The highest BCUT2D eigenvalue weighted by Crippen LogP contribution is 2.14. The predicted molar refractivity (Wildman–Crippen MR) is 167 cm³/mol. The topological polar surface area (TPSA) is 3.24 Å². The van der Waals surface area contributed by atoms with E-state index in [9.17, 15) is 0 Å². The number of nitrogens with zero attached hydrogens (tertiary/aromatic N) is 1. The van der Waals surface area contributed by atoms with Crippen molar-refractivity contribution in [3.63, 3.8) is 0 Å². The summed E-state index contributed by atoms with van der Waals surface area (Å²) in [4.78, 5) is 2.84. The fourth-order valence-electron chi connectivity index (χ4n) is 5.63. The Balaban J connectivity index is 3.80. The molecule has 0 fully saturated rings. The quantitative estimate of drug-likeness (QED) is 0.0818. The highest BCUT2D eigenvalue weighted by molar-refractivity contribution is 4.61. The molecule has 0 saturated heterocycles. The summed E-state index contributed by atoms with van der Waals surface area (Å²) in [7, 11) is 0. The molecule has 0 aromatic rings. The molecule has 0 heterocycles. The molecule has 0 radical (unpaired) electrons. The molecule has 0 spiro atoms. The van der Waals surface area contributed by atoms with Gasteiger partial charge in [-0.05, 0) is 38.9 Å². The lowest BCUT2D eigenvalue weighted by atomic mass is 10.0. The van der Waals surface area contributed by atoms with E-state index in [1.807, 2.05) is 0 Å². The standard InChI is InChI=1S/C35H73N/c1-4-7-10-13-16-19-20-21-22-23-26-29-32-35-36(33-30-27-24-17-14-11-8-5-2)34-31-28-25-18-15-12-9-6-3/h4-35H2,1-3H3. The van der Waals surface area contributed by atoms with Crippen molar-refractivity contribution in [2.75, 3.05) is 19.6 Å². The van der Waals surface area contributed by atoms with Crippen LogP contribution in [0.3, 0.4) is 0 Å². The first-order valence-electron chi connectivity index (χ1n) is 17.6. The molecule has 0 N–H and O–H groups in total. The predicted octanol–water partition coefficient (Wildman–Crippen LogP) is 12.7. The molecule has 0 aromatic carbocycles. The molecule has 36 heavy (non-hydrogen) atoms. The summed E-state index contributed by atoms with van der Waals surface area (Å²) in [6, 6.07) is 0. The molecule has 0 unspecified atom stereocenters. The van der Waals surface area contributed by atoms with E-state index in [1.165, 1.54) is 206 Å². The van der Waals surface area contributed by atoms with Crippen LogP contribution < -0.4 is 0 Å². The monoisotopic (exact) mass is 508 g/mol. The first-order valence-corrected chi connectivity index (χ1v) is 17.6. The van der Waals surface area contributed by atoms with Crippen LogP contribution in [0.2, 0.25) is 0 Å². The van der Waals surface area contributed by atoms with Gasteiger partial charge in [-0.3, -0.25) is 0 Å². The smallest absolute Gasteiger partial charge is 0.00187 e. The fourth-order valence-corrected chi connectivity index (χ4v) is 5.63. The zero-order valence-corrected chi connectivity index (χ0v) is 26.1. The molecule has 0 aliphatic heterocycles. The molecule has 0 rings (SSSR count). The van der Waals surface area contributed by atoms with Crippen molar-refractivity contribution in [2.24, 2.45) is 0 Å². The van der Waals surface area contributed by atoms with E-state index in [0.717, 1.165) is 0 Å². The van der Waals surface area contributed by atoms with Crippen LogP contribution in [-0.2, 0) is 0 Å². The first kappa shape index (κ1) is 36.0. The maximum atomic E-state index is 2.84. The number of unbranched alkanes of at least 4 members (excludes halogenated alkanes) is 26. The van der Waals surface area contributed by atoms with E-state index >= 15 is 0 Å². The third-order valence-electron chi connectivity index (χ3n) is 8.23. The van der Waals surface area contributed by atoms with Gasteiger partial charge in [0.1, 0.15) is 0 Å². The van der Waals surface area contributed by atoms with E-state index in [0.29, 0.717) is 0 Å². The van der Waals surface area contributed by atoms with Crippen molar-refractivity contribution in [1.29, 1.82) is 0 Å². The Morgan fingerprint density at radius 3 is 0.583 bits per heavy atom. The second-order valence-electron chi connectivity index (χ2n) is 12.0. The number of rotatable bonds is 32. The summed E-state index contributed by atoms with van der Waals surface area (Å²) in [6.07, 6.45) is 42.1. The molecule has 0 atom stereocenters. The highest BCUT2D eigenvalue weighted by atomic mass is 15.1. The van der Waals surface area contributed by atoms with Gasteiger partial charge in [-0.1, -0.05) is 188 Å². The Labute approximate surface area is 231 Å². The van der Waals surface area contributed by atoms with E-state index in [4.69, 9.17) is 0 Å². The van der Waals surface area contributed by atoms with Gasteiger partial charge < -0.3 is 4.90 Å². The largest absolute Gasteiger partial charge is 0.303 e. The second kappa shape index (κ2) is 33.0. The Bertz CT molecular complexity index is 346. The van der Waals surface area contributed by atoms with Gasteiger partial charge in [-0.15, -0.1) is 0 Å². The van der Waals surface area contributed by atoms with Crippen LogP contribution in [0.15, 0.2) is 0 Å². The minimum atomic E-state index is 1.36. The minimum Gasteiger partial charge on any atom is -0.303 e. The lowest BCUT2D eigenvalue weighted by Gasteiger charge is -2.22. The van der Waals surface area contributed by atoms with Crippen molar-refractivity contribution in [2.45, 2.75) is 207 Å². The van der Waals surface area contributed by atoms with E-state index in [1.54, 1.807) is 0 Å². The zero-order valence-electron chi connectivity index (χ0n) is 26.1. The zero-order chi connectivity index (χ0) is 26.2. The van der Waals surface area contributed by atoms with Gasteiger partial charge in [-0.2, -0.15) is 0 Å². The first-order chi connectivity index (χ1) is 17.8. The highest BCUT2D eigenvalue weighted by Gasteiger charge is 2.05. The number of hydrogen-bond donors (Lipinski definition) is 0. The molecule has 0 aliphatic carbocycles. The van der Waals surface area contributed by atoms with Gasteiger partial charge >= 0.3 is 0 Å². The minimum absolute atomic E-state index is 1.36. The molecule has 0 aromatic heterocycles. The molecule has 0 amide bonds. The van der Waals surface area contributed by atoms with Crippen LogP contribution in [0.5, 0.6) is 0 Å². The third kappa shape index (κ3) is 30.2. The van der Waals surface area contributed by atoms with Gasteiger partial charge in [-0.25, -0.2) is 0 Å². The Morgan fingerprint density at radius 1 is 0.222 bits per heavy atom. The van der Waals surface area contributed by atoms with E-state index in [2.05, 4.69) is 25.7 Å². The Morgan fingerprint density at radius 2 is 0.389 bits per heavy atom. The van der Waals surface area contributed by atoms with Crippen molar-refractivity contribution in [3.05, 3.63) is 0 Å². The lowest BCUT2D eigenvalue weighted by Crippen LogP contribution is -2.27. The summed E-state index contributed by atoms with van der Waals surface area (Å²) in [5, 5.41) is 0. The maximum absolute atomic E-state index is 2.84. The molecular weight excluding hydrogens is 434 g/mol. The maximum Gasteiger partial charge on any atom is -0.00187 e. The molecule has 1 nitrogen and oxygen atoms in total. The van der Waals surface area contributed by atoms with E-state index < -0.39 is 0 Å². The van der Waals surface area contributed by atoms with Crippen molar-refractivity contribution < 1.29 is 0 Å². The fraction of sp³-hybridized carbons (Fsp3) is 1.00. The van der Waals surface area contributed by atoms with Gasteiger partial charge in [0.25, 0.3) is 0 Å². The Hall–Kier alpha value is -0.0400. The molecular formula is C35H73N. The summed E-state index contributed by atoms with van der Waals surface area (Å²) in [5.74, 6) is 0. The average molecular weight is 508 g/mol. The summed E-state index contributed by atoms with van der Waals surface area (Å²) in [6.45, 7) is 11.0. The molecule has 218 valence electrons. The van der Waals surface area contributed by atoms with Crippen LogP contribution in [-0.4, -0.2) is 24.5 Å².